The summed E-state index contributed by atoms with van der Waals surface area (Å²) in [6, 6.07) is 13.5. The molecule has 0 bridgehead atoms. The number of nitrogens with one attached hydrogen (secondary N) is 1. The van der Waals surface area contributed by atoms with Crippen molar-refractivity contribution in [3.05, 3.63) is 53.2 Å². The van der Waals surface area contributed by atoms with E-state index in [2.05, 4.69) is 67.5 Å². The Kier molecular flexibility index (Phi) is 3.93. The highest BCUT2D eigenvalue weighted by Gasteiger charge is 2.20. The molecular weight excluding hydrogens is 258 g/mol. The molecule has 0 unspecified atom stereocenters. The molecule has 0 aliphatic heterocycles. The fraction of sp³-hybridized carbons (Fsp3) is 0.389. The van der Waals surface area contributed by atoms with Crippen LogP contribution in [0.5, 0.6) is 0 Å². The van der Waals surface area contributed by atoms with Gasteiger partial charge in [-0.2, -0.15) is 0 Å². The molecule has 3 heteroatoms. The average molecular weight is 281 g/mol. The highest BCUT2D eigenvalue weighted by molar-refractivity contribution is 5.63. The van der Waals surface area contributed by atoms with Crippen molar-refractivity contribution in [2.75, 3.05) is 11.9 Å². The number of nitrogens with zero attached hydrogens (tertiary/aromatic N) is 2. The van der Waals surface area contributed by atoms with Gasteiger partial charge in [0.2, 0.25) is 0 Å². The fourth-order valence-electron chi connectivity index (χ4n) is 2.59. The number of rotatable bonds is 5. The number of pyridine rings is 1. The molecule has 1 aliphatic carbocycles. The Morgan fingerprint density at radius 3 is 2.71 bits per heavy atom. The van der Waals surface area contributed by atoms with Gasteiger partial charge < -0.3 is 10.2 Å². The molecular formula is C18H23N3. The van der Waals surface area contributed by atoms with Crippen molar-refractivity contribution in [2.45, 2.75) is 39.3 Å². The predicted molar refractivity (Wildman–Crippen MR) is 88.1 cm³/mol. The summed E-state index contributed by atoms with van der Waals surface area (Å²) in [6.07, 6.45) is 2.62. The topological polar surface area (TPSA) is 28.2 Å². The summed E-state index contributed by atoms with van der Waals surface area (Å²) in [5.74, 6) is 0.997. The number of hydrogen-bond acceptors (Lipinski definition) is 3. The zero-order valence-corrected chi connectivity index (χ0v) is 13.1. The summed E-state index contributed by atoms with van der Waals surface area (Å²) in [6.45, 7) is 5.13. The van der Waals surface area contributed by atoms with Crippen LogP contribution in [0, 0.1) is 13.8 Å². The number of aromatic nitrogens is 1. The Hall–Kier alpha value is -1.87. The molecule has 1 N–H and O–H groups in total. The minimum atomic E-state index is 0.715. The third kappa shape index (κ3) is 3.42. The molecule has 3 nitrogen and oxygen atoms in total. The van der Waals surface area contributed by atoms with Gasteiger partial charge in [-0.1, -0.05) is 23.8 Å². The maximum absolute atomic E-state index is 4.78. The van der Waals surface area contributed by atoms with Gasteiger partial charge in [0, 0.05) is 25.3 Å². The first-order valence-electron chi connectivity index (χ1n) is 7.64. The summed E-state index contributed by atoms with van der Waals surface area (Å²) >= 11 is 0. The zero-order chi connectivity index (χ0) is 14.8. The van der Waals surface area contributed by atoms with Crippen molar-refractivity contribution in [1.29, 1.82) is 0 Å². The summed E-state index contributed by atoms with van der Waals surface area (Å²) in [5.41, 5.74) is 4.89. The van der Waals surface area contributed by atoms with E-state index < -0.39 is 0 Å². The van der Waals surface area contributed by atoms with Gasteiger partial charge in [0.25, 0.3) is 0 Å². The van der Waals surface area contributed by atoms with E-state index >= 15 is 0 Å². The minimum Gasteiger partial charge on any atom is -0.329 e. The second-order valence-corrected chi connectivity index (χ2v) is 5.99. The molecule has 1 fully saturated rings. The molecule has 110 valence electrons. The Labute approximate surface area is 127 Å². The van der Waals surface area contributed by atoms with Gasteiger partial charge in [0.05, 0.1) is 5.69 Å². The molecule has 1 saturated carbocycles. The van der Waals surface area contributed by atoms with Crippen LogP contribution in [0.1, 0.15) is 29.7 Å². The van der Waals surface area contributed by atoms with Gasteiger partial charge in [0.1, 0.15) is 5.82 Å². The van der Waals surface area contributed by atoms with Gasteiger partial charge >= 0.3 is 0 Å². The summed E-state index contributed by atoms with van der Waals surface area (Å²) in [5, 5.41) is 3.52. The first-order chi connectivity index (χ1) is 10.1. The largest absolute Gasteiger partial charge is 0.329 e. The molecule has 0 spiro atoms. The molecule has 0 saturated heterocycles. The van der Waals surface area contributed by atoms with E-state index in [-0.39, 0.29) is 0 Å². The lowest BCUT2D eigenvalue weighted by Gasteiger charge is -2.21. The first kappa shape index (κ1) is 14.1. The molecule has 2 aromatic rings. The standard InChI is InChI=1S/C18H23N3/c1-13-7-10-17(14(2)11-13)21(3)18-6-4-5-16(20-18)12-19-15-8-9-15/h4-7,10-11,15,19H,8-9,12H2,1-3H3. The quantitative estimate of drug-likeness (QED) is 0.905. The van der Waals surface area contributed by atoms with Gasteiger partial charge in [-0.25, -0.2) is 4.98 Å². The van der Waals surface area contributed by atoms with E-state index in [9.17, 15) is 0 Å². The Bertz CT molecular complexity index is 632. The minimum absolute atomic E-state index is 0.715. The van der Waals surface area contributed by atoms with E-state index in [1.54, 1.807) is 0 Å². The monoisotopic (exact) mass is 281 g/mol. The van der Waals surface area contributed by atoms with Gasteiger partial charge in [-0.15, -0.1) is 0 Å². The first-order valence-corrected chi connectivity index (χ1v) is 7.64. The third-order valence-electron chi connectivity index (χ3n) is 4.00. The second-order valence-electron chi connectivity index (χ2n) is 5.99. The van der Waals surface area contributed by atoms with Crippen LogP contribution in [-0.2, 0) is 6.54 Å². The van der Waals surface area contributed by atoms with Crippen molar-refractivity contribution in [2.24, 2.45) is 0 Å². The number of anilines is 2. The highest BCUT2D eigenvalue weighted by Crippen LogP contribution is 2.26. The molecule has 21 heavy (non-hydrogen) atoms. The maximum Gasteiger partial charge on any atom is 0.133 e. The van der Waals surface area contributed by atoms with E-state index in [0.29, 0.717) is 6.04 Å². The molecule has 1 heterocycles. The fourth-order valence-corrected chi connectivity index (χ4v) is 2.59. The van der Waals surface area contributed by atoms with Crippen molar-refractivity contribution in [3.8, 4) is 0 Å². The Balaban J connectivity index is 1.79. The molecule has 0 amide bonds. The molecule has 1 aromatic heterocycles. The highest BCUT2D eigenvalue weighted by atomic mass is 15.2. The Morgan fingerprint density at radius 1 is 1.19 bits per heavy atom. The van der Waals surface area contributed by atoms with Gasteiger partial charge in [-0.05, 0) is 50.5 Å². The van der Waals surface area contributed by atoms with Crippen LogP contribution in [0.25, 0.3) is 0 Å². The zero-order valence-electron chi connectivity index (χ0n) is 13.1. The Morgan fingerprint density at radius 2 is 2.00 bits per heavy atom. The lowest BCUT2D eigenvalue weighted by Crippen LogP contribution is -2.18. The van der Waals surface area contributed by atoms with Crippen LogP contribution in [0.15, 0.2) is 36.4 Å². The molecule has 3 rings (SSSR count). The van der Waals surface area contributed by atoms with Gasteiger partial charge in [-0.3, -0.25) is 0 Å². The summed E-state index contributed by atoms with van der Waals surface area (Å²) < 4.78 is 0. The van der Waals surface area contributed by atoms with Crippen molar-refractivity contribution in [1.82, 2.24) is 10.3 Å². The van der Waals surface area contributed by atoms with Crippen molar-refractivity contribution in [3.63, 3.8) is 0 Å². The third-order valence-corrected chi connectivity index (χ3v) is 4.00. The van der Waals surface area contributed by atoms with Crippen LogP contribution in [-0.4, -0.2) is 18.1 Å². The maximum atomic E-state index is 4.78. The predicted octanol–water partition coefficient (Wildman–Crippen LogP) is 3.72. The van der Waals surface area contributed by atoms with E-state index in [4.69, 9.17) is 4.98 Å². The van der Waals surface area contributed by atoms with Crippen LogP contribution < -0.4 is 10.2 Å². The molecule has 0 radical (unpaired) electrons. The smallest absolute Gasteiger partial charge is 0.133 e. The average Bonchev–Trinajstić information content (AvgIpc) is 3.29. The van der Waals surface area contributed by atoms with E-state index in [1.807, 2.05) is 0 Å². The van der Waals surface area contributed by atoms with Crippen LogP contribution in [0.2, 0.25) is 0 Å². The van der Waals surface area contributed by atoms with E-state index in [0.717, 1.165) is 18.1 Å². The SMILES string of the molecule is Cc1ccc(N(C)c2cccc(CNC3CC3)n2)c(C)c1. The van der Waals surface area contributed by atoms with Gasteiger partial charge in [0.15, 0.2) is 0 Å². The van der Waals surface area contributed by atoms with Crippen LogP contribution in [0.4, 0.5) is 11.5 Å². The lowest BCUT2D eigenvalue weighted by molar-refractivity contribution is 0.674. The van der Waals surface area contributed by atoms with E-state index in [1.165, 1.54) is 29.7 Å². The number of hydrogen-bond donors (Lipinski definition) is 1. The summed E-state index contributed by atoms with van der Waals surface area (Å²) in [4.78, 5) is 6.94. The summed E-state index contributed by atoms with van der Waals surface area (Å²) in [7, 11) is 2.08. The molecule has 1 aromatic carbocycles. The van der Waals surface area contributed by atoms with Crippen LogP contribution >= 0.6 is 0 Å². The lowest BCUT2D eigenvalue weighted by atomic mass is 10.1. The van der Waals surface area contributed by atoms with Crippen LogP contribution in [0.3, 0.4) is 0 Å². The van der Waals surface area contributed by atoms with Crippen molar-refractivity contribution < 1.29 is 0 Å². The second kappa shape index (κ2) is 5.86. The number of aryl methyl sites for hydroxylation is 2. The number of benzene rings is 1. The molecule has 1 aliphatic rings. The normalized spacial score (nSPS) is 14.2. The van der Waals surface area contributed by atoms with Crippen molar-refractivity contribution >= 4 is 11.5 Å². The molecule has 0 atom stereocenters.